The third-order valence-electron chi connectivity index (χ3n) is 4.90. The smallest absolute Gasteiger partial charge is 0.243 e. The van der Waals surface area contributed by atoms with Crippen LogP contribution in [0.1, 0.15) is 64.4 Å². The molecule has 1 fully saturated rings. The van der Waals surface area contributed by atoms with E-state index in [4.69, 9.17) is 0 Å². The minimum Gasteiger partial charge on any atom is -0.354 e. The Bertz CT molecular complexity index is 663. The summed E-state index contributed by atoms with van der Waals surface area (Å²) in [4.78, 5) is 12.3. The zero-order chi connectivity index (χ0) is 19.0. The molecule has 0 saturated carbocycles. The Kier molecular flexibility index (Phi) is 8.10. The quantitative estimate of drug-likeness (QED) is 0.751. The lowest BCUT2D eigenvalue weighted by Crippen LogP contribution is -2.32. The van der Waals surface area contributed by atoms with Crippen LogP contribution in [0.2, 0.25) is 0 Å². The Balaban J connectivity index is 1.92. The van der Waals surface area contributed by atoms with Crippen molar-refractivity contribution in [3.05, 3.63) is 29.8 Å². The second-order valence-corrected chi connectivity index (χ2v) is 9.16. The topological polar surface area (TPSA) is 66.5 Å². The maximum atomic E-state index is 12.8. The molecule has 146 valence electrons. The molecule has 1 unspecified atom stereocenters. The summed E-state index contributed by atoms with van der Waals surface area (Å²) < 4.78 is 27.1. The molecule has 1 aromatic carbocycles. The number of amides is 1. The second-order valence-electron chi connectivity index (χ2n) is 7.22. The highest BCUT2D eigenvalue weighted by Gasteiger charge is 2.24. The lowest BCUT2D eigenvalue weighted by molar-refractivity contribution is -0.121. The van der Waals surface area contributed by atoms with Gasteiger partial charge < -0.3 is 5.32 Å². The van der Waals surface area contributed by atoms with Crippen LogP contribution in [0.4, 0.5) is 0 Å². The molecule has 2 rings (SSSR count). The highest BCUT2D eigenvalue weighted by atomic mass is 32.2. The molecule has 1 amide bonds. The van der Waals surface area contributed by atoms with E-state index in [-0.39, 0.29) is 11.9 Å². The molecule has 0 bridgehead atoms. The fourth-order valence-electron chi connectivity index (χ4n) is 3.37. The molecule has 1 aliphatic rings. The van der Waals surface area contributed by atoms with E-state index in [1.165, 1.54) is 0 Å². The summed E-state index contributed by atoms with van der Waals surface area (Å²) in [6.45, 7) is 5.34. The zero-order valence-electron chi connectivity index (χ0n) is 16.0. The standard InChI is InChI=1S/C20H32N2O3S/c1-3-8-17(2)21-20(23)14-11-18-9-12-19(13-10-18)26(24,25)22-15-6-4-5-7-16-22/h9-10,12-13,17H,3-8,11,14-16H2,1-2H3,(H,21,23). The zero-order valence-corrected chi connectivity index (χ0v) is 16.9. The van der Waals surface area contributed by atoms with Crippen molar-refractivity contribution in [3.63, 3.8) is 0 Å². The molecule has 1 aromatic rings. The fourth-order valence-corrected chi connectivity index (χ4v) is 4.89. The first-order valence-corrected chi connectivity index (χ1v) is 11.3. The van der Waals surface area contributed by atoms with Crippen LogP contribution in [0.5, 0.6) is 0 Å². The number of carbonyl (C=O) groups is 1. The van der Waals surface area contributed by atoms with Crippen molar-refractivity contribution in [1.29, 1.82) is 0 Å². The molecule has 1 saturated heterocycles. The summed E-state index contributed by atoms with van der Waals surface area (Å²) in [6, 6.07) is 7.20. The van der Waals surface area contributed by atoms with Crippen LogP contribution < -0.4 is 5.32 Å². The van der Waals surface area contributed by atoms with Crippen LogP contribution in [0.25, 0.3) is 0 Å². The van der Waals surface area contributed by atoms with Crippen molar-refractivity contribution in [2.24, 2.45) is 0 Å². The van der Waals surface area contributed by atoms with E-state index in [1.807, 2.05) is 19.1 Å². The summed E-state index contributed by atoms with van der Waals surface area (Å²) in [7, 11) is -3.40. The highest BCUT2D eigenvalue weighted by molar-refractivity contribution is 7.89. The number of rotatable bonds is 8. The number of nitrogens with one attached hydrogen (secondary N) is 1. The summed E-state index contributed by atoms with van der Waals surface area (Å²) in [5, 5.41) is 2.99. The maximum absolute atomic E-state index is 12.8. The SMILES string of the molecule is CCCC(C)NC(=O)CCc1ccc(S(=O)(=O)N2CCCCCC2)cc1. The van der Waals surface area contributed by atoms with Gasteiger partial charge in [0.15, 0.2) is 0 Å². The molecule has 1 aliphatic heterocycles. The van der Waals surface area contributed by atoms with E-state index in [9.17, 15) is 13.2 Å². The molecule has 1 heterocycles. The van der Waals surface area contributed by atoms with Gasteiger partial charge in [0, 0.05) is 25.6 Å². The molecule has 0 aromatic heterocycles. The molecule has 1 atom stereocenters. The summed E-state index contributed by atoms with van der Waals surface area (Å²) >= 11 is 0. The average Bonchev–Trinajstić information content (AvgIpc) is 2.90. The predicted octanol–water partition coefficient (Wildman–Crippen LogP) is 3.49. The minimum atomic E-state index is -3.40. The van der Waals surface area contributed by atoms with Crippen molar-refractivity contribution in [3.8, 4) is 0 Å². The van der Waals surface area contributed by atoms with Crippen molar-refractivity contribution in [2.45, 2.75) is 76.2 Å². The van der Waals surface area contributed by atoms with Gasteiger partial charge in [-0.05, 0) is 50.3 Å². The highest BCUT2D eigenvalue weighted by Crippen LogP contribution is 2.21. The monoisotopic (exact) mass is 380 g/mol. The van der Waals surface area contributed by atoms with Gasteiger partial charge >= 0.3 is 0 Å². The minimum absolute atomic E-state index is 0.0483. The Morgan fingerprint density at radius 3 is 2.31 bits per heavy atom. The van der Waals surface area contributed by atoms with Crippen molar-refractivity contribution in [2.75, 3.05) is 13.1 Å². The third-order valence-corrected chi connectivity index (χ3v) is 6.81. The average molecular weight is 381 g/mol. The molecule has 0 radical (unpaired) electrons. The first kappa shape index (κ1) is 20.9. The molecule has 0 aliphatic carbocycles. The molecular weight excluding hydrogens is 348 g/mol. The Labute approximate surface area is 158 Å². The number of aryl methyl sites for hydroxylation is 1. The number of benzene rings is 1. The van der Waals surface area contributed by atoms with E-state index in [2.05, 4.69) is 12.2 Å². The van der Waals surface area contributed by atoms with E-state index in [0.717, 1.165) is 44.1 Å². The fraction of sp³-hybridized carbons (Fsp3) is 0.650. The van der Waals surface area contributed by atoms with Crippen molar-refractivity contribution in [1.82, 2.24) is 9.62 Å². The number of sulfonamides is 1. The van der Waals surface area contributed by atoms with Crippen LogP contribution in [-0.2, 0) is 21.2 Å². The van der Waals surface area contributed by atoms with E-state index in [1.54, 1.807) is 16.4 Å². The van der Waals surface area contributed by atoms with Gasteiger partial charge in [-0.2, -0.15) is 4.31 Å². The molecule has 26 heavy (non-hydrogen) atoms. The first-order chi connectivity index (χ1) is 12.4. The lowest BCUT2D eigenvalue weighted by Gasteiger charge is -2.20. The van der Waals surface area contributed by atoms with Gasteiger partial charge in [0.1, 0.15) is 0 Å². The maximum Gasteiger partial charge on any atom is 0.243 e. The predicted molar refractivity (Wildman–Crippen MR) is 105 cm³/mol. The summed E-state index contributed by atoms with van der Waals surface area (Å²) in [5.74, 6) is 0.0483. The third kappa shape index (κ3) is 6.09. The Morgan fingerprint density at radius 2 is 1.73 bits per heavy atom. The first-order valence-electron chi connectivity index (χ1n) is 9.82. The summed E-state index contributed by atoms with van der Waals surface area (Å²) in [6.07, 6.45) is 7.14. The van der Waals surface area contributed by atoms with Crippen molar-refractivity contribution < 1.29 is 13.2 Å². The van der Waals surface area contributed by atoms with E-state index >= 15 is 0 Å². The van der Waals surface area contributed by atoms with Gasteiger partial charge in [-0.15, -0.1) is 0 Å². The van der Waals surface area contributed by atoms with Crippen LogP contribution in [-0.4, -0.2) is 37.8 Å². The Hall–Kier alpha value is -1.40. The molecule has 5 nitrogen and oxygen atoms in total. The second kappa shape index (κ2) is 10.1. The molecule has 0 spiro atoms. The van der Waals surface area contributed by atoms with Crippen LogP contribution in [0.3, 0.4) is 0 Å². The van der Waals surface area contributed by atoms with Crippen LogP contribution >= 0.6 is 0 Å². The van der Waals surface area contributed by atoms with Gasteiger partial charge in [0.05, 0.1) is 4.90 Å². The van der Waals surface area contributed by atoms with Gasteiger partial charge in [0.2, 0.25) is 15.9 Å². The summed E-state index contributed by atoms with van der Waals surface area (Å²) in [5.41, 5.74) is 0.984. The van der Waals surface area contributed by atoms with Gasteiger partial charge in [-0.3, -0.25) is 4.79 Å². The van der Waals surface area contributed by atoms with Gasteiger partial charge in [-0.1, -0.05) is 38.3 Å². The molecular formula is C20H32N2O3S. The Morgan fingerprint density at radius 1 is 1.12 bits per heavy atom. The number of carbonyl (C=O) groups excluding carboxylic acids is 1. The normalized spacial score (nSPS) is 17.5. The largest absolute Gasteiger partial charge is 0.354 e. The number of nitrogens with zero attached hydrogens (tertiary/aromatic N) is 1. The molecule has 6 heteroatoms. The molecule has 1 N–H and O–H groups in total. The number of hydrogen-bond donors (Lipinski definition) is 1. The van der Waals surface area contributed by atoms with Gasteiger partial charge in [0.25, 0.3) is 0 Å². The number of hydrogen-bond acceptors (Lipinski definition) is 3. The van der Waals surface area contributed by atoms with E-state index < -0.39 is 10.0 Å². The van der Waals surface area contributed by atoms with Gasteiger partial charge in [-0.25, -0.2) is 8.42 Å². The lowest BCUT2D eigenvalue weighted by atomic mass is 10.1. The van der Waals surface area contributed by atoms with Crippen molar-refractivity contribution >= 4 is 15.9 Å². The van der Waals surface area contributed by atoms with Crippen LogP contribution in [0, 0.1) is 0 Å². The van der Waals surface area contributed by atoms with E-state index in [0.29, 0.717) is 30.8 Å². The van der Waals surface area contributed by atoms with Crippen LogP contribution in [0.15, 0.2) is 29.2 Å².